The highest BCUT2D eigenvalue weighted by Crippen LogP contribution is 2.34. The molecule has 0 fully saturated rings. The molecule has 10 heteroatoms. The standard InChI is InChI=1S/C27H27ClN4O3S2/c1-30(2)17-18-31(27-29-25-22(28)9-5-11-24(25)36-27)26(33)20-12-14-21(15-13-20)37(34,35)32-16-6-8-19-7-3-4-10-23(19)32/h3-5,7,9-15H,6,8,16-18H2,1-2H3. The van der Waals surface area contributed by atoms with Crippen LogP contribution in [0, 0.1) is 0 Å². The Kier molecular flexibility index (Phi) is 7.22. The lowest BCUT2D eigenvalue weighted by molar-refractivity contribution is 0.0985. The van der Waals surface area contributed by atoms with Crippen LogP contribution < -0.4 is 9.21 Å². The van der Waals surface area contributed by atoms with E-state index in [0.29, 0.717) is 40.9 Å². The van der Waals surface area contributed by atoms with E-state index in [1.54, 1.807) is 23.1 Å². The third-order valence-corrected chi connectivity index (χ3v) is 9.54. The number of amides is 1. The second kappa shape index (κ2) is 10.4. The minimum Gasteiger partial charge on any atom is -0.308 e. The SMILES string of the molecule is CN(C)CCN(C(=O)c1ccc(S(=O)(=O)N2CCCc3ccccc32)cc1)c1nc2c(Cl)cccc2s1. The molecule has 0 saturated heterocycles. The first-order chi connectivity index (χ1) is 17.8. The summed E-state index contributed by atoms with van der Waals surface area (Å²) in [7, 11) is 0.124. The number of nitrogens with zero attached hydrogens (tertiary/aromatic N) is 4. The molecule has 4 aromatic rings. The molecule has 1 aliphatic heterocycles. The van der Waals surface area contributed by atoms with Gasteiger partial charge in [-0.3, -0.25) is 14.0 Å². The van der Waals surface area contributed by atoms with Gasteiger partial charge in [-0.2, -0.15) is 0 Å². The molecule has 0 aliphatic carbocycles. The molecule has 2 heterocycles. The number of para-hydroxylation sites is 2. The molecule has 7 nitrogen and oxygen atoms in total. The Balaban J connectivity index is 1.45. The van der Waals surface area contributed by atoms with E-state index in [2.05, 4.69) is 4.98 Å². The van der Waals surface area contributed by atoms with E-state index in [0.717, 1.165) is 28.8 Å². The van der Waals surface area contributed by atoms with Crippen molar-refractivity contribution in [3.8, 4) is 0 Å². The molecule has 0 saturated carbocycles. The molecule has 0 atom stereocenters. The molecule has 192 valence electrons. The number of anilines is 2. The normalized spacial score (nSPS) is 13.7. The van der Waals surface area contributed by atoms with Crippen LogP contribution in [0.1, 0.15) is 22.3 Å². The van der Waals surface area contributed by atoms with Gasteiger partial charge in [0.1, 0.15) is 5.52 Å². The fraction of sp³-hybridized carbons (Fsp3) is 0.259. The Morgan fingerprint density at radius 1 is 1.03 bits per heavy atom. The highest BCUT2D eigenvalue weighted by atomic mass is 35.5. The zero-order chi connectivity index (χ0) is 26.2. The third kappa shape index (κ3) is 5.09. The Morgan fingerprint density at radius 3 is 2.51 bits per heavy atom. The van der Waals surface area contributed by atoms with Crippen LogP contribution in [0.5, 0.6) is 0 Å². The number of carbonyl (C=O) groups is 1. The van der Waals surface area contributed by atoms with Crippen molar-refractivity contribution in [1.29, 1.82) is 0 Å². The van der Waals surface area contributed by atoms with Gasteiger partial charge in [-0.05, 0) is 75.0 Å². The number of likely N-dealkylation sites (N-methyl/N-ethyl adjacent to an activating group) is 1. The summed E-state index contributed by atoms with van der Waals surface area (Å²) < 4.78 is 29.4. The summed E-state index contributed by atoms with van der Waals surface area (Å²) in [5.74, 6) is -0.246. The van der Waals surface area contributed by atoms with Gasteiger partial charge in [0.05, 0.1) is 20.3 Å². The molecule has 0 radical (unpaired) electrons. The largest absolute Gasteiger partial charge is 0.308 e. The van der Waals surface area contributed by atoms with Gasteiger partial charge in [-0.25, -0.2) is 13.4 Å². The number of hydrogen-bond acceptors (Lipinski definition) is 6. The lowest BCUT2D eigenvalue weighted by Gasteiger charge is -2.30. The predicted octanol–water partition coefficient (Wildman–Crippen LogP) is 5.30. The summed E-state index contributed by atoms with van der Waals surface area (Å²) in [5.41, 5.74) is 2.80. The first kappa shape index (κ1) is 25.7. The Bertz CT molecular complexity index is 1550. The van der Waals surface area contributed by atoms with Crippen molar-refractivity contribution in [2.75, 3.05) is 42.9 Å². The summed E-state index contributed by atoms with van der Waals surface area (Å²) in [6, 6.07) is 19.3. The second-order valence-corrected chi connectivity index (χ2v) is 12.5. The van der Waals surface area contributed by atoms with E-state index in [9.17, 15) is 13.2 Å². The number of rotatable bonds is 7. The van der Waals surface area contributed by atoms with Gasteiger partial charge in [-0.15, -0.1) is 0 Å². The van der Waals surface area contributed by atoms with Gasteiger partial charge in [0.15, 0.2) is 5.13 Å². The van der Waals surface area contributed by atoms with E-state index in [1.807, 2.05) is 55.4 Å². The van der Waals surface area contributed by atoms with Crippen LogP contribution in [0.15, 0.2) is 71.6 Å². The topological polar surface area (TPSA) is 73.8 Å². The fourth-order valence-corrected chi connectivity index (χ4v) is 7.23. The molecule has 5 rings (SSSR count). The van der Waals surface area contributed by atoms with Crippen LogP contribution in [0.25, 0.3) is 10.2 Å². The third-order valence-electron chi connectivity index (χ3n) is 6.36. The van der Waals surface area contributed by atoms with Crippen molar-refractivity contribution in [1.82, 2.24) is 9.88 Å². The highest BCUT2D eigenvalue weighted by Gasteiger charge is 2.29. The molecule has 1 aliphatic rings. The Morgan fingerprint density at radius 2 is 1.78 bits per heavy atom. The van der Waals surface area contributed by atoms with Crippen LogP contribution in [0.4, 0.5) is 10.8 Å². The lowest BCUT2D eigenvalue weighted by atomic mass is 10.0. The van der Waals surface area contributed by atoms with Crippen molar-refractivity contribution in [3.63, 3.8) is 0 Å². The maximum Gasteiger partial charge on any atom is 0.264 e. The average molecular weight is 555 g/mol. The molecule has 37 heavy (non-hydrogen) atoms. The Hall–Kier alpha value is -2.98. The number of benzene rings is 3. The fourth-order valence-electron chi connectivity index (χ4n) is 4.40. The number of aromatic nitrogens is 1. The van der Waals surface area contributed by atoms with E-state index in [1.165, 1.54) is 27.8 Å². The number of sulfonamides is 1. The summed E-state index contributed by atoms with van der Waals surface area (Å²) >= 11 is 7.73. The zero-order valence-corrected chi connectivity index (χ0v) is 23.0. The average Bonchev–Trinajstić information content (AvgIpc) is 3.33. The molecule has 3 aromatic carbocycles. The molecule has 1 aromatic heterocycles. The van der Waals surface area contributed by atoms with Crippen LogP contribution in [0.2, 0.25) is 5.02 Å². The first-order valence-corrected chi connectivity index (χ1v) is 14.6. The monoisotopic (exact) mass is 554 g/mol. The van der Waals surface area contributed by atoms with Crippen LogP contribution >= 0.6 is 22.9 Å². The van der Waals surface area contributed by atoms with Crippen molar-refractivity contribution in [3.05, 3.63) is 82.9 Å². The maximum atomic E-state index is 13.6. The number of hydrogen-bond donors (Lipinski definition) is 0. The molecular weight excluding hydrogens is 528 g/mol. The summed E-state index contributed by atoms with van der Waals surface area (Å²) in [5, 5.41) is 1.09. The molecule has 0 unspecified atom stereocenters. The van der Waals surface area contributed by atoms with Crippen LogP contribution in [-0.4, -0.2) is 57.9 Å². The van der Waals surface area contributed by atoms with Crippen LogP contribution in [0.3, 0.4) is 0 Å². The zero-order valence-electron chi connectivity index (χ0n) is 20.6. The van der Waals surface area contributed by atoms with E-state index in [-0.39, 0.29) is 10.8 Å². The molecular formula is C27H27ClN4O3S2. The smallest absolute Gasteiger partial charge is 0.264 e. The van der Waals surface area contributed by atoms with Gasteiger partial charge in [0.25, 0.3) is 15.9 Å². The number of thiazole rings is 1. The van der Waals surface area contributed by atoms with Gasteiger partial charge < -0.3 is 4.90 Å². The number of halogens is 1. The maximum absolute atomic E-state index is 13.6. The number of fused-ring (bicyclic) bond motifs is 2. The van der Waals surface area contributed by atoms with Gasteiger partial charge in [0.2, 0.25) is 0 Å². The van der Waals surface area contributed by atoms with Gasteiger partial charge in [-0.1, -0.05) is 47.2 Å². The van der Waals surface area contributed by atoms with E-state index >= 15 is 0 Å². The summed E-state index contributed by atoms with van der Waals surface area (Å²) in [6.45, 7) is 1.49. The molecule has 0 N–H and O–H groups in total. The van der Waals surface area contributed by atoms with Crippen molar-refractivity contribution < 1.29 is 13.2 Å². The molecule has 0 spiro atoms. The van der Waals surface area contributed by atoms with Crippen molar-refractivity contribution in [2.45, 2.75) is 17.7 Å². The van der Waals surface area contributed by atoms with Gasteiger partial charge in [0, 0.05) is 25.2 Å². The predicted molar refractivity (Wildman–Crippen MR) is 151 cm³/mol. The van der Waals surface area contributed by atoms with Crippen LogP contribution in [-0.2, 0) is 16.4 Å². The summed E-state index contributed by atoms with van der Waals surface area (Å²) in [4.78, 5) is 22.1. The molecule has 1 amide bonds. The molecule has 0 bridgehead atoms. The summed E-state index contributed by atoms with van der Waals surface area (Å²) in [6.07, 6.45) is 1.62. The highest BCUT2D eigenvalue weighted by molar-refractivity contribution is 7.92. The number of aryl methyl sites for hydroxylation is 1. The quantitative estimate of drug-likeness (QED) is 0.310. The van der Waals surface area contributed by atoms with Crippen molar-refractivity contribution >= 4 is 59.9 Å². The minimum atomic E-state index is -3.76. The first-order valence-electron chi connectivity index (χ1n) is 12.0. The van der Waals surface area contributed by atoms with Crippen molar-refractivity contribution in [2.24, 2.45) is 0 Å². The lowest BCUT2D eigenvalue weighted by Crippen LogP contribution is -2.37. The van der Waals surface area contributed by atoms with E-state index < -0.39 is 10.0 Å². The van der Waals surface area contributed by atoms with Gasteiger partial charge >= 0.3 is 0 Å². The number of carbonyl (C=O) groups excluding carboxylic acids is 1. The Labute approximate surface area is 226 Å². The second-order valence-electron chi connectivity index (χ2n) is 9.18. The minimum absolute atomic E-state index is 0.160. The van der Waals surface area contributed by atoms with E-state index in [4.69, 9.17) is 11.6 Å².